The molecule has 0 aromatic carbocycles. The topological polar surface area (TPSA) is 29.5 Å². The molecule has 3 heteroatoms. The third-order valence-corrected chi connectivity index (χ3v) is 2.69. The van der Waals surface area contributed by atoms with Crippen LogP contribution >= 0.6 is 0 Å². The maximum Gasteiger partial charge on any atom is 0.320 e. The molecule has 1 fully saturated rings. The Labute approximate surface area is 92.8 Å². The van der Waals surface area contributed by atoms with E-state index in [1.54, 1.807) is 0 Å². The summed E-state index contributed by atoms with van der Waals surface area (Å²) in [5.74, 6) is -0.101. The summed E-state index contributed by atoms with van der Waals surface area (Å²) in [5.41, 5.74) is -0.365. The number of nitrogens with zero attached hydrogens (tertiary/aromatic N) is 1. The first-order valence-electron chi connectivity index (χ1n) is 5.84. The first kappa shape index (κ1) is 12.5. The highest BCUT2D eigenvalue weighted by Crippen LogP contribution is 2.16. The number of ether oxygens (including phenoxy) is 1. The van der Waals surface area contributed by atoms with Gasteiger partial charge in [-0.15, -0.1) is 0 Å². The van der Waals surface area contributed by atoms with Gasteiger partial charge in [-0.2, -0.15) is 0 Å². The molecule has 1 saturated heterocycles. The van der Waals surface area contributed by atoms with Crippen molar-refractivity contribution in [3.63, 3.8) is 0 Å². The Kier molecular flexibility index (Phi) is 4.14. The van der Waals surface area contributed by atoms with Crippen molar-refractivity contribution in [2.45, 2.75) is 58.6 Å². The largest absolute Gasteiger partial charge is 0.459 e. The summed E-state index contributed by atoms with van der Waals surface area (Å²) in [6.07, 6.45) is 3.68. The van der Waals surface area contributed by atoms with Crippen LogP contribution in [0, 0.1) is 0 Å². The number of piperidine rings is 1. The summed E-state index contributed by atoms with van der Waals surface area (Å²) in [6.45, 7) is 9.38. The average molecular weight is 213 g/mol. The molecule has 0 saturated carbocycles. The van der Waals surface area contributed by atoms with Crippen molar-refractivity contribution in [3.05, 3.63) is 0 Å². The van der Waals surface area contributed by atoms with Crippen molar-refractivity contribution < 1.29 is 9.53 Å². The number of likely N-dealkylation sites (tertiary alicyclic amines) is 1. The monoisotopic (exact) mass is 213 g/mol. The Balaban J connectivity index is 2.36. The number of esters is 1. The van der Waals surface area contributed by atoms with E-state index in [4.69, 9.17) is 4.74 Å². The summed E-state index contributed by atoms with van der Waals surface area (Å²) in [7, 11) is 0. The smallest absolute Gasteiger partial charge is 0.320 e. The number of rotatable bonds is 2. The van der Waals surface area contributed by atoms with E-state index in [1.807, 2.05) is 20.8 Å². The quantitative estimate of drug-likeness (QED) is 0.659. The minimum atomic E-state index is -0.365. The van der Waals surface area contributed by atoms with Gasteiger partial charge in [0.1, 0.15) is 5.60 Å². The van der Waals surface area contributed by atoms with E-state index in [0.29, 0.717) is 12.6 Å². The highest BCUT2D eigenvalue weighted by Gasteiger charge is 2.23. The predicted molar refractivity (Wildman–Crippen MR) is 60.7 cm³/mol. The number of hydrogen-bond donors (Lipinski definition) is 0. The fourth-order valence-corrected chi connectivity index (χ4v) is 1.93. The molecule has 1 heterocycles. The summed E-state index contributed by atoms with van der Waals surface area (Å²) in [4.78, 5) is 13.8. The van der Waals surface area contributed by atoms with Crippen molar-refractivity contribution in [2.24, 2.45) is 0 Å². The molecule has 0 N–H and O–H groups in total. The molecule has 1 aliphatic heterocycles. The van der Waals surface area contributed by atoms with Gasteiger partial charge in [0.05, 0.1) is 6.54 Å². The van der Waals surface area contributed by atoms with E-state index in [1.165, 1.54) is 19.3 Å². The maximum atomic E-state index is 11.6. The van der Waals surface area contributed by atoms with Gasteiger partial charge in [-0.25, -0.2) is 0 Å². The van der Waals surface area contributed by atoms with Crippen molar-refractivity contribution >= 4 is 5.97 Å². The average Bonchev–Trinajstić information content (AvgIpc) is 2.05. The van der Waals surface area contributed by atoms with E-state index in [2.05, 4.69) is 11.8 Å². The predicted octanol–water partition coefficient (Wildman–Crippen LogP) is 2.20. The van der Waals surface area contributed by atoms with Gasteiger partial charge in [0.25, 0.3) is 0 Å². The molecule has 0 bridgehead atoms. The molecule has 1 atom stereocenters. The van der Waals surface area contributed by atoms with Crippen LogP contribution in [0.25, 0.3) is 0 Å². The molecule has 0 aromatic rings. The van der Waals surface area contributed by atoms with Gasteiger partial charge in [0.2, 0.25) is 0 Å². The molecule has 88 valence electrons. The van der Waals surface area contributed by atoms with Crippen LogP contribution in [-0.2, 0) is 9.53 Å². The minimum absolute atomic E-state index is 0.101. The van der Waals surface area contributed by atoms with Crippen LogP contribution in [0.5, 0.6) is 0 Å². The first-order valence-corrected chi connectivity index (χ1v) is 5.84. The Morgan fingerprint density at radius 2 is 2.07 bits per heavy atom. The van der Waals surface area contributed by atoms with Gasteiger partial charge in [-0.1, -0.05) is 6.42 Å². The summed E-state index contributed by atoms with van der Waals surface area (Å²) >= 11 is 0. The van der Waals surface area contributed by atoms with Crippen molar-refractivity contribution in [3.8, 4) is 0 Å². The zero-order valence-electron chi connectivity index (χ0n) is 10.4. The lowest BCUT2D eigenvalue weighted by atomic mass is 10.0. The molecule has 0 aliphatic carbocycles. The second-order valence-corrected chi connectivity index (χ2v) is 5.40. The molecule has 0 aromatic heterocycles. The normalized spacial score (nSPS) is 23.9. The van der Waals surface area contributed by atoms with Crippen LogP contribution < -0.4 is 0 Å². The van der Waals surface area contributed by atoms with Crippen molar-refractivity contribution in [1.82, 2.24) is 4.90 Å². The number of carbonyl (C=O) groups is 1. The van der Waals surface area contributed by atoms with Gasteiger partial charge in [-0.3, -0.25) is 9.69 Å². The Morgan fingerprint density at radius 3 is 2.60 bits per heavy atom. The molecule has 3 nitrogen and oxygen atoms in total. The van der Waals surface area contributed by atoms with Crippen molar-refractivity contribution in [1.29, 1.82) is 0 Å². The lowest BCUT2D eigenvalue weighted by Crippen LogP contribution is -2.42. The first-order chi connectivity index (χ1) is 6.88. The van der Waals surface area contributed by atoms with Gasteiger partial charge in [0.15, 0.2) is 0 Å². The Hall–Kier alpha value is -0.570. The zero-order valence-corrected chi connectivity index (χ0v) is 10.4. The van der Waals surface area contributed by atoms with Crippen LogP contribution in [0.4, 0.5) is 0 Å². The Bertz CT molecular complexity index is 220. The summed E-state index contributed by atoms with van der Waals surface area (Å²) in [5, 5.41) is 0. The van der Waals surface area contributed by atoms with E-state index < -0.39 is 0 Å². The molecule has 15 heavy (non-hydrogen) atoms. The molecule has 0 radical (unpaired) electrons. The zero-order chi connectivity index (χ0) is 11.5. The van der Waals surface area contributed by atoms with Gasteiger partial charge in [0, 0.05) is 6.04 Å². The lowest BCUT2D eigenvalue weighted by molar-refractivity contribution is -0.157. The van der Waals surface area contributed by atoms with Crippen LogP contribution in [0.15, 0.2) is 0 Å². The third kappa shape index (κ3) is 4.65. The van der Waals surface area contributed by atoms with Gasteiger partial charge < -0.3 is 4.74 Å². The number of hydrogen-bond acceptors (Lipinski definition) is 3. The number of carbonyl (C=O) groups excluding carboxylic acids is 1. The molecular formula is C12H23NO2. The maximum absolute atomic E-state index is 11.6. The van der Waals surface area contributed by atoms with Crippen LogP contribution in [0.3, 0.4) is 0 Å². The van der Waals surface area contributed by atoms with Gasteiger partial charge in [-0.05, 0) is 47.1 Å². The highest BCUT2D eigenvalue weighted by atomic mass is 16.6. The SMILES string of the molecule is CC1CCCCN1CC(=O)OC(C)(C)C. The van der Waals surface area contributed by atoms with Crippen LogP contribution in [0.2, 0.25) is 0 Å². The fraction of sp³-hybridized carbons (Fsp3) is 0.917. The molecule has 1 aliphatic rings. The molecular weight excluding hydrogens is 190 g/mol. The van der Waals surface area contributed by atoms with Crippen LogP contribution in [-0.4, -0.2) is 35.6 Å². The molecule has 0 spiro atoms. The minimum Gasteiger partial charge on any atom is -0.459 e. The highest BCUT2D eigenvalue weighted by molar-refractivity contribution is 5.72. The summed E-state index contributed by atoms with van der Waals surface area (Å²) in [6, 6.07) is 0.520. The van der Waals surface area contributed by atoms with E-state index in [-0.39, 0.29) is 11.6 Å². The fourth-order valence-electron chi connectivity index (χ4n) is 1.93. The van der Waals surface area contributed by atoms with Crippen LogP contribution in [0.1, 0.15) is 47.0 Å². The second-order valence-electron chi connectivity index (χ2n) is 5.40. The molecule has 1 rings (SSSR count). The van der Waals surface area contributed by atoms with E-state index >= 15 is 0 Å². The Morgan fingerprint density at radius 1 is 1.40 bits per heavy atom. The second kappa shape index (κ2) is 4.97. The van der Waals surface area contributed by atoms with Gasteiger partial charge >= 0.3 is 5.97 Å². The summed E-state index contributed by atoms with van der Waals surface area (Å²) < 4.78 is 5.31. The lowest BCUT2D eigenvalue weighted by Gasteiger charge is -2.33. The molecule has 0 amide bonds. The third-order valence-electron chi connectivity index (χ3n) is 2.69. The van der Waals surface area contributed by atoms with E-state index in [0.717, 1.165) is 6.54 Å². The van der Waals surface area contributed by atoms with Crippen molar-refractivity contribution in [2.75, 3.05) is 13.1 Å². The van der Waals surface area contributed by atoms with E-state index in [9.17, 15) is 4.79 Å². The molecule has 1 unspecified atom stereocenters. The standard InChI is InChI=1S/C12H23NO2/c1-10-7-5-6-8-13(10)9-11(14)15-12(2,3)4/h10H,5-9H2,1-4H3.